The summed E-state index contributed by atoms with van der Waals surface area (Å²) in [5, 5.41) is 0. The van der Waals surface area contributed by atoms with Gasteiger partial charge in [0.15, 0.2) is 0 Å². The van der Waals surface area contributed by atoms with E-state index in [9.17, 15) is 0 Å². The SMILES string of the molecule is CC(C)(C)C1CCC(/C=C/CCl)CC1. The van der Waals surface area contributed by atoms with E-state index in [0.717, 1.165) is 11.8 Å². The minimum absolute atomic E-state index is 0.501. The van der Waals surface area contributed by atoms with Gasteiger partial charge in [-0.25, -0.2) is 0 Å². The second-order valence-electron chi connectivity index (χ2n) is 5.56. The third kappa shape index (κ3) is 3.65. The Hall–Kier alpha value is 0.0300. The summed E-state index contributed by atoms with van der Waals surface area (Å²) in [6.45, 7) is 7.10. The maximum atomic E-state index is 5.64. The van der Waals surface area contributed by atoms with Crippen molar-refractivity contribution in [3.8, 4) is 0 Å². The van der Waals surface area contributed by atoms with Crippen molar-refractivity contribution in [2.24, 2.45) is 17.3 Å². The first kappa shape index (κ1) is 12.1. The number of alkyl halides is 1. The van der Waals surface area contributed by atoms with Gasteiger partial charge in [-0.05, 0) is 42.9 Å². The first-order chi connectivity index (χ1) is 6.54. The summed E-state index contributed by atoms with van der Waals surface area (Å²) < 4.78 is 0. The van der Waals surface area contributed by atoms with Crippen molar-refractivity contribution in [1.29, 1.82) is 0 Å². The Kier molecular flexibility index (Phi) is 4.50. The predicted molar refractivity (Wildman–Crippen MR) is 64.8 cm³/mol. The van der Waals surface area contributed by atoms with E-state index < -0.39 is 0 Å². The molecule has 1 fully saturated rings. The molecule has 82 valence electrons. The first-order valence-electron chi connectivity index (χ1n) is 5.76. The molecule has 0 aromatic carbocycles. The molecule has 0 aromatic rings. The van der Waals surface area contributed by atoms with Gasteiger partial charge in [0.1, 0.15) is 0 Å². The fraction of sp³-hybridized carbons (Fsp3) is 0.846. The van der Waals surface area contributed by atoms with Crippen LogP contribution in [0.2, 0.25) is 0 Å². The summed E-state index contributed by atoms with van der Waals surface area (Å²) in [5.41, 5.74) is 0.501. The molecule has 14 heavy (non-hydrogen) atoms. The van der Waals surface area contributed by atoms with Crippen LogP contribution in [0.1, 0.15) is 46.5 Å². The molecule has 0 heterocycles. The van der Waals surface area contributed by atoms with E-state index in [4.69, 9.17) is 11.6 Å². The fourth-order valence-electron chi connectivity index (χ4n) is 2.42. The highest BCUT2D eigenvalue weighted by molar-refractivity contribution is 6.18. The lowest BCUT2D eigenvalue weighted by atomic mass is 9.70. The Labute approximate surface area is 93.7 Å². The lowest BCUT2D eigenvalue weighted by Gasteiger charge is -2.36. The molecule has 0 unspecified atom stereocenters. The molecular formula is C13H23Cl. The summed E-state index contributed by atoms with van der Waals surface area (Å²) >= 11 is 5.64. The highest BCUT2D eigenvalue weighted by atomic mass is 35.5. The maximum Gasteiger partial charge on any atom is 0.0404 e. The maximum absolute atomic E-state index is 5.64. The van der Waals surface area contributed by atoms with Gasteiger partial charge in [-0.1, -0.05) is 32.9 Å². The van der Waals surface area contributed by atoms with Gasteiger partial charge in [-0.15, -0.1) is 11.6 Å². The second kappa shape index (κ2) is 5.21. The second-order valence-corrected chi connectivity index (χ2v) is 5.87. The average Bonchev–Trinajstić information content (AvgIpc) is 2.14. The Balaban J connectivity index is 2.35. The van der Waals surface area contributed by atoms with Crippen LogP contribution >= 0.6 is 11.6 Å². The van der Waals surface area contributed by atoms with Crippen LogP contribution in [-0.2, 0) is 0 Å². The van der Waals surface area contributed by atoms with E-state index in [0.29, 0.717) is 11.3 Å². The molecule has 1 aliphatic rings. The Bertz CT molecular complexity index is 180. The molecular weight excluding hydrogens is 192 g/mol. The molecule has 0 spiro atoms. The average molecular weight is 215 g/mol. The summed E-state index contributed by atoms with van der Waals surface area (Å²) in [5.74, 6) is 2.38. The van der Waals surface area contributed by atoms with Crippen molar-refractivity contribution < 1.29 is 0 Å². The van der Waals surface area contributed by atoms with E-state index in [-0.39, 0.29) is 0 Å². The monoisotopic (exact) mass is 214 g/mol. The highest BCUT2D eigenvalue weighted by Gasteiger charge is 2.28. The number of allylic oxidation sites excluding steroid dienone is 2. The van der Waals surface area contributed by atoms with Crippen molar-refractivity contribution in [1.82, 2.24) is 0 Å². The molecule has 1 rings (SSSR count). The van der Waals surface area contributed by atoms with Gasteiger partial charge < -0.3 is 0 Å². The summed E-state index contributed by atoms with van der Waals surface area (Å²) in [6.07, 6.45) is 9.90. The smallest absolute Gasteiger partial charge is 0.0404 e. The van der Waals surface area contributed by atoms with Gasteiger partial charge in [0.05, 0.1) is 0 Å². The van der Waals surface area contributed by atoms with E-state index in [1.54, 1.807) is 0 Å². The van der Waals surface area contributed by atoms with Gasteiger partial charge in [0.2, 0.25) is 0 Å². The van der Waals surface area contributed by atoms with Crippen LogP contribution in [0.25, 0.3) is 0 Å². The first-order valence-corrected chi connectivity index (χ1v) is 6.30. The largest absolute Gasteiger partial charge is 0.122 e. The lowest BCUT2D eigenvalue weighted by Crippen LogP contribution is -2.25. The number of hydrogen-bond donors (Lipinski definition) is 0. The molecule has 1 heteroatoms. The molecule has 0 amide bonds. The van der Waals surface area contributed by atoms with Crippen molar-refractivity contribution in [2.45, 2.75) is 46.5 Å². The van der Waals surface area contributed by atoms with Crippen LogP contribution in [0, 0.1) is 17.3 Å². The number of rotatable bonds is 2. The van der Waals surface area contributed by atoms with E-state index >= 15 is 0 Å². The molecule has 0 aliphatic heterocycles. The zero-order valence-corrected chi connectivity index (χ0v) is 10.5. The minimum atomic E-state index is 0.501. The molecule has 0 radical (unpaired) electrons. The van der Waals surface area contributed by atoms with E-state index in [1.807, 2.05) is 0 Å². The molecule has 0 N–H and O–H groups in total. The topological polar surface area (TPSA) is 0 Å². The van der Waals surface area contributed by atoms with Crippen LogP contribution in [0.15, 0.2) is 12.2 Å². The number of hydrogen-bond acceptors (Lipinski definition) is 0. The standard InChI is InChI=1S/C13H23Cl/c1-13(2,3)12-8-6-11(7-9-12)5-4-10-14/h4-5,11-12H,6-10H2,1-3H3/b5-4+. The molecule has 0 atom stereocenters. The van der Waals surface area contributed by atoms with Crippen molar-refractivity contribution in [2.75, 3.05) is 5.88 Å². The minimum Gasteiger partial charge on any atom is -0.122 e. The van der Waals surface area contributed by atoms with Crippen molar-refractivity contribution in [3.05, 3.63) is 12.2 Å². The molecule has 0 saturated heterocycles. The van der Waals surface area contributed by atoms with Crippen LogP contribution in [-0.4, -0.2) is 5.88 Å². The van der Waals surface area contributed by atoms with Crippen LogP contribution in [0.4, 0.5) is 0 Å². The van der Waals surface area contributed by atoms with Gasteiger partial charge in [0, 0.05) is 5.88 Å². The van der Waals surface area contributed by atoms with Gasteiger partial charge in [0.25, 0.3) is 0 Å². The fourth-order valence-corrected chi connectivity index (χ4v) is 2.52. The number of halogens is 1. The van der Waals surface area contributed by atoms with Crippen molar-refractivity contribution in [3.63, 3.8) is 0 Å². The van der Waals surface area contributed by atoms with Crippen LogP contribution < -0.4 is 0 Å². The summed E-state index contributed by atoms with van der Waals surface area (Å²) in [7, 11) is 0. The molecule has 0 bridgehead atoms. The third-order valence-corrected chi connectivity index (χ3v) is 3.67. The molecule has 1 aliphatic carbocycles. The highest BCUT2D eigenvalue weighted by Crippen LogP contribution is 2.39. The quantitative estimate of drug-likeness (QED) is 0.464. The van der Waals surface area contributed by atoms with Gasteiger partial charge in [-0.2, -0.15) is 0 Å². The Morgan fingerprint density at radius 1 is 1.14 bits per heavy atom. The summed E-state index contributed by atoms with van der Waals surface area (Å²) in [4.78, 5) is 0. The predicted octanol–water partition coefficient (Wildman–Crippen LogP) is 4.63. The zero-order valence-electron chi connectivity index (χ0n) is 9.72. The van der Waals surface area contributed by atoms with E-state index in [1.165, 1.54) is 25.7 Å². The van der Waals surface area contributed by atoms with Gasteiger partial charge >= 0.3 is 0 Å². The zero-order chi connectivity index (χ0) is 10.6. The van der Waals surface area contributed by atoms with Crippen molar-refractivity contribution >= 4 is 11.6 Å². The van der Waals surface area contributed by atoms with E-state index in [2.05, 4.69) is 32.9 Å². The molecule has 0 nitrogen and oxygen atoms in total. The molecule has 1 saturated carbocycles. The van der Waals surface area contributed by atoms with Gasteiger partial charge in [-0.3, -0.25) is 0 Å². The third-order valence-electron chi connectivity index (χ3n) is 3.49. The Morgan fingerprint density at radius 2 is 1.71 bits per heavy atom. The Morgan fingerprint density at radius 3 is 2.14 bits per heavy atom. The summed E-state index contributed by atoms with van der Waals surface area (Å²) in [6, 6.07) is 0. The lowest BCUT2D eigenvalue weighted by molar-refractivity contribution is 0.163. The molecule has 0 aromatic heterocycles. The van der Waals surface area contributed by atoms with Crippen LogP contribution in [0.3, 0.4) is 0 Å². The van der Waals surface area contributed by atoms with Crippen LogP contribution in [0.5, 0.6) is 0 Å². The normalized spacial score (nSPS) is 29.7.